The molecule has 1 aromatic rings. The van der Waals surface area contributed by atoms with Crippen molar-refractivity contribution in [1.82, 2.24) is 4.98 Å². The number of H-pyrrole nitrogens is 1. The highest BCUT2D eigenvalue weighted by atomic mass is 35.5. The second kappa shape index (κ2) is 2.74. The Kier molecular flexibility index (Phi) is 1.96. The van der Waals surface area contributed by atoms with E-state index in [1.807, 2.05) is 18.5 Å². The highest BCUT2D eigenvalue weighted by Gasteiger charge is 1.94. The predicted octanol–water partition coefficient (Wildman–Crippen LogP) is 2.27. The van der Waals surface area contributed by atoms with Crippen LogP contribution in [0.15, 0.2) is 25.0 Å². The van der Waals surface area contributed by atoms with Gasteiger partial charge in [-0.25, -0.2) is 0 Å². The predicted molar refractivity (Wildman–Crippen MR) is 40.5 cm³/mol. The van der Waals surface area contributed by atoms with E-state index in [9.17, 15) is 0 Å². The Bertz CT molecular complexity index is 189. The van der Waals surface area contributed by atoms with Gasteiger partial charge in [0.05, 0.1) is 0 Å². The molecular formula is C7H8ClN. The molecule has 1 nitrogen and oxygen atoms in total. The smallest absolute Gasteiger partial charge is 0.0474 e. The molecule has 0 radical (unpaired) electrons. The summed E-state index contributed by atoms with van der Waals surface area (Å²) in [5.41, 5.74) is 2.04. The van der Waals surface area contributed by atoms with Crippen molar-refractivity contribution in [2.75, 3.05) is 5.88 Å². The van der Waals surface area contributed by atoms with Crippen molar-refractivity contribution in [3.8, 4) is 0 Å². The Balaban J connectivity index is 2.77. The number of alkyl halides is 1. The van der Waals surface area contributed by atoms with Crippen LogP contribution in [0.3, 0.4) is 0 Å². The van der Waals surface area contributed by atoms with Gasteiger partial charge in [0.1, 0.15) is 0 Å². The van der Waals surface area contributed by atoms with Crippen molar-refractivity contribution >= 4 is 17.2 Å². The molecule has 0 aliphatic heterocycles. The van der Waals surface area contributed by atoms with Gasteiger partial charge >= 0.3 is 0 Å². The summed E-state index contributed by atoms with van der Waals surface area (Å²) in [6, 6.07) is 1.95. The Labute approximate surface area is 59.3 Å². The number of hydrogen-bond acceptors (Lipinski definition) is 0. The van der Waals surface area contributed by atoms with Gasteiger partial charge in [0.15, 0.2) is 0 Å². The molecule has 0 amide bonds. The fourth-order valence-electron chi connectivity index (χ4n) is 0.621. The molecule has 2 heteroatoms. The Hall–Kier alpha value is -0.690. The summed E-state index contributed by atoms with van der Waals surface area (Å²) in [6.07, 6.45) is 3.73. The fourth-order valence-corrected chi connectivity index (χ4v) is 0.775. The molecule has 0 saturated carbocycles. The standard InChI is InChI=1S/C7H8ClN/c1-6(4-8)7-2-3-9-5-7/h2-3,5,9H,1,4H2. The van der Waals surface area contributed by atoms with Gasteiger partial charge in [-0.2, -0.15) is 0 Å². The van der Waals surface area contributed by atoms with Crippen LogP contribution in [-0.4, -0.2) is 10.9 Å². The molecule has 1 aromatic heterocycles. The van der Waals surface area contributed by atoms with E-state index in [0.717, 1.165) is 11.1 Å². The first-order valence-electron chi connectivity index (χ1n) is 2.71. The van der Waals surface area contributed by atoms with Gasteiger partial charge in [-0.05, 0) is 17.2 Å². The first kappa shape index (κ1) is 6.43. The van der Waals surface area contributed by atoms with Crippen LogP contribution in [0, 0.1) is 0 Å². The summed E-state index contributed by atoms with van der Waals surface area (Å²) in [5.74, 6) is 0.498. The fraction of sp³-hybridized carbons (Fsp3) is 0.143. The summed E-state index contributed by atoms with van der Waals surface area (Å²) in [5, 5.41) is 0. The van der Waals surface area contributed by atoms with E-state index in [0.29, 0.717) is 5.88 Å². The average Bonchev–Trinajstić information content (AvgIpc) is 2.37. The van der Waals surface area contributed by atoms with Gasteiger partial charge in [-0.3, -0.25) is 0 Å². The minimum Gasteiger partial charge on any atom is -0.367 e. The minimum absolute atomic E-state index is 0.498. The van der Waals surface area contributed by atoms with Gasteiger partial charge in [0.2, 0.25) is 0 Å². The molecule has 0 aliphatic rings. The second-order valence-corrected chi connectivity index (χ2v) is 2.10. The zero-order valence-corrected chi connectivity index (χ0v) is 5.78. The van der Waals surface area contributed by atoms with Crippen LogP contribution >= 0.6 is 11.6 Å². The molecule has 0 bridgehead atoms. The lowest BCUT2D eigenvalue weighted by molar-refractivity contribution is 1.41. The van der Waals surface area contributed by atoms with Gasteiger partial charge in [0.25, 0.3) is 0 Å². The van der Waals surface area contributed by atoms with Crippen LogP contribution in [0.25, 0.3) is 5.57 Å². The molecule has 1 rings (SSSR count). The Morgan fingerprint density at radius 1 is 1.78 bits per heavy atom. The molecule has 0 unspecified atom stereocenters. The van der Waals surface area contributed by atoms with E-state index in [1.165, 1.54) is 0 Å². The van der Waals surface area contributed by atoms with Crippen LogP contribution in [0.5, 0.6) is 0 Å². The van der Waals surface area contributed by atoms with E-state index in [2.05, 4.69) is 11.6 Å². The summed E-state index contributed by atoms with van der Waals surface area (Å²) >= 11 is 5.53. The maximum absolute atomic E-state index is 5.53. The lowest BCUT2D eigenvalue weighted by Crippen LogP contribution is -1.77. The molecule has 0 aromatic carbocycles. The van der Waals surface area contributed by atoms with Gasteiger partial charge in [-0.1, -0.05) is 6.58 Å². The van der Waals surface area contributed by atoms with Crippen molar-refractivity contribution < 1.29 is 0 Å². The van der Waals surface area contributed by atoms with Crippen LogP contribution in [0.1, 0.15) is 5.56 Å². The molecule has 48 valence electrons. The Morgan fingerprint density at radius 2 is 2.56 bits per heavy atom. The van der Waals surface area contributed by atoms with E-state index >= 15 is 0 Å². The van der Waals surface area contributed by atoms with Crippen LogP contribution < -0.4 is 0 Å². The minimum atomic E-state index is 0.498. The van der Waals surface area contributed by atoms with Crippen LogP contribution in [0.4, 0.5) is 0 Å². The molecule has 0 saturated heterocycles. The second-order valence-electron chi connectivity index (χ2n) is 1.84. The van der Waals surface area contributed by atoms with Crippen molar-refractivity contribution in [3.63, 3.8) is 0 Å². The van der Waals surface area contributed by atoms with E-state index in [1.54, 1.807) is 0 Å². The van der Waals surface area contributed by atoms with Crippen molar-refractivity contribution in [3.05, 3.63) is 30.6 Å². The molecular weight excluding hydrogens is 134 g/mol. The Morgan fingerprint density at radius 3 is 3.00 bits per heavy atom. The third kappa shape index (κ3) is 1.36. The molecule has 0 spiro atoms. The summed E-state index contributed by atoms with van der Waals surface area (Å²) < 4.78 is 0. The van der Waals surface area contributed by atoms with Crippen LogP contribution in [-0.2, 0) is 0 Å². The molecule has 9 heavy (non-hydrogen) atoms. The quantitative estimate of drug-likeness (QED) is 0.609. The van der Waals surface area contributed by atoms with Crippen molar-refractivity contribution in [2.24, 2.45) is 0 Å². The molecule has 0 fully saturated rings. The third-order valence-electron chi connectivity index (χ3n) is 1.17. The largest absolute Gasteiger partial charge is 0.367 e. The average molecular weight is 142 g/mol. The highest BCUT2D eigenvalue weighted by molar-refractivity contribution is 6.23. The maximum atomic E-state index is 5.53. The number of aromatic nitrogens is 1. The van der Waals surface area contributed by atoms with Crippen molar-refractivity contribution in [1.29, 1.82) is 0 Å². The summed E-state index contributed by atoms with van der Waals surface area (Å²) in [7, 11) is 0. The van der Waals surface area contributed by atoms with E-state index in [4.69, 9.17) is 11.6 Å². The lowest BCUT2D eigenvalue weighted by atomic mass is 10.2. The number of hydrogen-bond donors (Lipinski definition) is 1. The molecule has 0 atom stereocenters. The number of aromatic amines is 1. The van der Waals surface area contributed by atoms with E-state index in [-0.39, 0.29) is 0 Å². The third-order valence-corrected chi connectivity index (χ3v) is 1.49. The van der Waals surface area contributed by atoms with Gasteiger partial charge in [0, 0.05) is 18.3 Å². The van der Waals surface area contributed by atoms with Crippen LogP contribution in [0.2, 0.25) is 0 Å². The molecule has 0 aliphatic carbocycles. The van der Waals surface area contributed by atoms with E-state index < -0.39 is 0 Å². The topological polar surface area (TPSA) is 15.8 Å². The highest BCUT2D eigenvalue weighted by Crippen LogP contribution is 2.11. The summed E-state index contributed by atoms with van der Waals surface area (Å²) in [4.78, 5) is 2.93. The zero-order chi connectivity index (χ0) is 6.69. The molecule has 1 N–H and O–H groups in total. The van der Waals surface area contributed by atoms with Gasteiger partial charge in [-0.15, -0.1) is 11.6 Å². The summed E-state index contributed by atoms with van der Waals surface area (Å²) in [6.45, 7) is 3.76. The lowest BCUT2D eigenvalue weighted by Gasteiger charge is -1.92. The van der Waals surface area contributed by atoms with Crippen molar-refractivity contribution in [2.45, 2.75) is 0 Å². The number of nitrogens with one attached hydrogen (secondary N) is 1. The monoisotopic (exact) mass is 141 g/mol. The SMILES string of the molecule is C=C(CCl)c1cc[nH]c1. The molecule has 1 heterocycles. The zero-order valence-electron chi connectivity index (χ0n) is 5.02. The number of allylic oxidation sites excluding steroid dienone is 1. The first-order chi connectivity index (χ1) is 4.34. The first-order valence-corrected chi connectivity index (χ1v) is 3.25. The number of rotatable bonds is 2. The normalized spacial score (nSPS) is 9.44. The maximum Gasteiger partial charge on any atom is 0.0474 e. The van der Waals surface area contributed by atoms with Gasteiger partial charge < -0.3 is 4.98 Å². The number of halogens is 1.